The Labute approximate surface area is 178 Å². The smallest absolute Gasteiger partial charge is 0.280 e. The molecule has 0 saturated carbocycles. The Morgan fingerprint density at radius 1 is 1.13 bits per heavy atom. The number of methoxy groups -OCH3 is 1. The van der Waals surface area contributed by atoms with Crippen molar-refractivity contribution in [2.45, 2.75) is 26.2 Å². The largest absolute Gasteiger partial charge is 0.496 e. The van der Waals surface area contributed by atoms with Crippen molar-refractivity contribution in [3.05, 3.63) is 59.8 Å². The first kappa shape index (κ1) is 19.3. The lowest BCUT2D eigenvalue weighted by molar-refractivity contribution is -0.00119. The number of nitrogens with zero attached hydrogens (tertiary/aromatic N) is 5. The minimum Gasteiger partial charge on any atom is -0.496 e. The summed E-state index contributed by atoms with van der Waals surface area (Å²) in [5.74, 6) is 2.23. The van der Waals surface area contributed by atoms with Crippen molar-refractivity contribution in [1.82, 2.24) is 25.1 Å². The van der Waals surface area contributed by atoms with Gasteiger partial charge in [-0.1, -0.05) is 34.6 Å². The molecule has 158 valence electrons. The topological polar surface area (TPSA) is 97.3 Å². The average Bonchev–Trinajstić information content (AvgIpc) is 3.46. The molecule has 0 fully saturated rings. The van der Waals surface area contributed by atoms with Gasteiger partial charge >= 0.3 is 0 Å². The summed E-state index contributed by atoms with van der Waals surface area (Å²) in [4.78, 5) is 4.50. The first-order valence-corrected chi connectivity index (χ1v) is 10.0. The van der Waals surface area contributed by atoms with Crippen LogP contribution in [0.2, 0.25) is 0 Å². The summed E-state index contributed by atoms with van der Waals surface area (Å²) >= 11 is 0. The first-order chi connectivity index (χ1) is 15.3. The highest BCUT2D eigenvalue weighted by molar-refractivity contribution is 5.65. The Morgan fingerprint density at radius 2 is 1.97 bits per heavy atom. The van der Waals surface area contributed by atoms with E-state index in [-0.39, 0.29) is 6.10 Å². The maximum atomic E-state index is 6.09. The van der Waals surface area contributed by atoms with E-state index in [1.54, 1.807) is 7.11 Å². The molecule has 0 amide bonds. The molecule has 0 radical (unpaired) electrons. The van der Waals surface area contributed by atoms with Crippen LogP contribution in [-0.4, -0.2) is 38.9 Å². The fourth-order valence-electron chi connectivity index (χ4n) is 3.58. The predicted octanol–water partition coefficient (Wildman–Crippen LogP) is 3.67. The molecule has 4 aromatic rings. The van der Waals surface area contributed by atoms with Gasteiger partial charge in [0.05, 0.1) is 38.1 Å². The van der Waals surface area contributed by atoms with E-state index in [1.165, 1.54) is 0 Å². The number of benzene rings is 2. The first-order valence-electron chi connectivity index (χ1n) is 10.0. The van der Waals surface area contributed by atoms with Crippen molar-refractivity contribution in [2.24, 2.45) is 0 Å². The Balaban J connectivity index is 1.37. The van der Waals surface area contributed by atoms with E-state index >= 15 is 0 Å². The molecule has 1 aliphatic rings. The lowest BCUT2D eigenvalue weighted by Crippen LogP contribution is -2.22. The summed E-state index contributed by atoms with van der Waals surface area (Å²) in [7, 11) is 1.60. The van der Waals surface area contributed by atoms with Gasteiger partial charge in [-0.2, -0.15) is 4.98 Å². The zero-order chi connectivity index (χ0) is 21.2. The summed E-state index contributed by atoms with van der Waals surface area (Å²) in [6.45, 7) is 3.49. The van der Waals surface area contributed by atoms with E-state index in [2.05, 4.69) is 20.5 Å². The fraction of sp³-hybridized carbons (Fsp3) is 0.273. The van der Waals surface area contributed by atoms with Gasteiger partial charge in [0.25, 0.3) is 5.89 Å². The number of ether oxygens (including phenoxy) is 3. The highest BCUT2D eigenvalue weighted by Gasteiger charge is 2.28. The molecule has 31 heavy (non-hydrogen) atoms. The van der Waals surface area contributed by atoms with Crippen LogP contribution < -0.4 is 9.47 Å². The monoisotopic (exact) mass is 419 g/mol. The zero-order valence-corrected chi connectivity index (χ0v) is 17.2. The van der Waals surface area contributed by atoms with Gasteiger partial charge in [0, 0.05) is 0 Å². The van der Waals surface area contributed by atoms with E-state index in [0.29, 0.717) is 42.9 Å². The lowest BCUT2D eigenvalue weighted by atomic mass is 10.1. The lowest BCUT2D eigenvalue weighted by Gasteiger charge is -2.24. The molecule has 2 aromatic carbocycles. The van der Waals surface area contributed by atoms with Crippen LogP contribution in [-0.2, 0) is 17.9 Å². The van der Waals surface area contributed by atoms with Gasteiger partial charge < -0.3 is 18.7 Å². The van der Waals surface area contributed by atoms with Gasteiger partial charge in [0.15, 0.2) is 5.69 Å². The molecule has 0 spiro atoms. The summed E-state index contributed by atoms with van der Waals surface area (Å²) in [5, 5.41) is 12.6. The number of rotatable bonds is 6. The van der Waals surface area contributed by atoms with Gasteiger partial charge in [-0.15, -0.1) is 5.10 Å². The third-order valence-electron chi connectivity index (χ3n) is 5.14. The molecule has 0 unspecified atom stereocenters. The van der Waals surface area contributed by atoms with Crippen molar-refractivity contribution in [1.29, 1.82) is 0 Å². The van der Waals surface area contributed by atoms with Crippen LogP contribution in [0.15, 0.2) is 53.1 Å². The van der Waals surface area contributed by atoms with Crippen LogP contribution >= 0.6 is 0 Å². The third-order valence-corrected chi connectivity index (χ3v) is 5.14. The van der Waals surface area contributed by atoms with Gasteiger partial charge in [0.2, 0.25) is 5.82 Å². The van der Waals surface area contributed by atoms with Gasteiger partial charge in [-0.05, 0) is 36.8 Å². The van der Waals surface area contributed by atoms with Crippen LogP contribution in [0.3, 0.4) is 0 Å². The number of hydrogen-bond donors (Lipinski definition) is 0. The number of fused-ring (bicyclic) bond motifs is 1. The Morgan fingerprint density at radius 3 is 2.77 bits per heavy atom. The molecular formula is C22H21N5O4. The second-order valence-electron chi connectivity index (χ2n) is 6.99. The molecule has 3 heterocycles. The summed E-state index contributed by atoms with van der Waals surface area (Å²) < 4.78 is 24.3. The predicted molar refractivity (Wildman–Crippen MR) is 110 cm³/mol. The van der Waals surface area contributed by atoms with Crippen LogP contribution in [0.25, 0.3) is 23.0 Å². The van der Waals surface area contributed by atoms with E-state index in [4.69, 9.17) is 18.7 Å². The molecule has 0 aliphatic carbocycles. The van der Waals surface area contributed by atoms with Crippen LogP contribution in [0.1, 0.15) is 24.3 Å². The summed E-state index contributed by atoms with van der Waals surface area (Å²) in [6.07, 6.45) is -0.121. The highest BCUT2D eigenvalue weighted by atomic mass is 16.5. The maximum Gasteiger partial charge on any atom is 0.280 e. The fourth-order valence-corrected chi connectivity index (χ4v) is 3.58. The molecule has 1 aliphatic heterocycles. The molecule has 5 rings (SSSR count). The molecule has 1 atom stereocenters. The summed E-state index contributed by atoms with van der Waals surface area (Å²) in [6, 6.07) is 15.4. The van der Waals surface area contributed by atoms with Crippen molar-refractivity contribution < 1.29 is 18.7 Å². The van der Waals surface area contributed by atoms with Crippen molar-refractivity contribution >= 4 is 0 Å². The number of hydrogen-bond acceptors (Lipinski definition) is 8. The van der Waals surface area contributed by atoms with E-state index in [9.17, 15) is 0 Å². The molecule has 2 aromatic heterocycles. The molecule has 0 bridgehead atoms. The van der Waals surface area contributed by atoms with Crippen LogP contribution in [0.5, 0.6) is 11.5 Å². The number of aromatic nitrogens is 5. The van der Waals surface area contributed by atoms with Crippen molar-refractivity contribution in [2.75, 3.05) is 13.7 Å². The van der Waals surface area contributed by atoms with Gasteiger partial charge in [-0.3, -0.25) is 0 Å². The standard InChI is InChI=1S/C22H21N5O4/c1-3-29-15-10-8-14(9-11-15)19-12-27-17(13-30-19)20(24-26-27)22-23-21(25-31-22)16-6-4-5-7-18(16)28-2/h4-11,19H,3,12-13H2,1-2H3/t19-/m0/s1. The van der Waals surface area contributed by atoms with Gasteiger partial charge in [0.1, 0.15) is 17.6 Å². The zero-order valence-electron chi connectivity index (χ0n) is 17.2. The Bertz CT molecular complexity index is 1180. The minimum atomic E-state index is -0.121. The van der Waals surface area contributed by atoms with E-state index < -0.39 is 0 Å². The number of para-hydroxylation sites is 1. The maximum absolute atomic E-state index is 6.09. The quantitative estimate of drug-likeness (QED) is 0.467. The van der Waals surface area contributed by atoms with E-state index in [1.807, 2.05) is 60.1 Å². The Kier molecular flexibility index (Phi) is 5.09. The van der Waals surface area contributed by atoms with Crippen LogP contribution in [0, 0.1) is 0 Å². The van der Waals surface area contributed by atoms with Gasteiger partial charge in [-0.25, -0.2) is 4.68 Å². The molecular weight excluding hydrogens is 398 g/mol. The highest BCUT2D eigenvalue weighted by Crippen LogP contribution is 2.33. The minimum absolute atomic E-state index is 0.121. The molecule has 9 heteroatoms. The average molecular weight is 419 g/mol. The SMILES string of the molecule is CCOc1ccc([C@@H]2Cn3nnc(-c4nc(-c5ccccc5OC)no4)c3CO2)cc1. The second kappa shape index (κ2) is 8.19. The second-order valence-corrected chi connectivity index (χ2v) is 6.99. The van der Waals surface area contributed by atoms with E-state index in [0.717, 1.165) is 22.6 Å². The normalized spacial score (nSPS) is 15.5. The van der Waals surface area contributed by atoms with Crippen molar-refractivity contribution in [3.8, 4) is 34.5 Å². The van der Waals surface area contributed by atoms with Crippen molar-refractivity contribution in [3.63, 3.8) is 0 Å². The molecule has 0 saturated heterocycles. The molecule has 9 nitrogen and oxygen atoms in total. The summed E-state index contributed by atoms with van der Waals surface area (Å²) in [5.41, 5.74) is 3.13. The molecule has 0 N–H and O–H groups in total. The van der Waals surface area contributed by atoms with Crippen LogP contribution in [0.4, 0.5) is 0 Å². The third kappa shape index (κ3) is 3.64. The Hall–Kier alpha value is -3.72.